The molecule has 2 aromatic rings. The van der Waals surface area contributed by atoms with Crippen molar-refractivity contribution in [2.24, 2.45) is 5.92 Å². The molecule has 0 amide bonds. The molecular formula is C20H19F7O3. The zero-order valence-corrected chi connectivity index (χ0v) is 16.2. The Balaban J connectivity index is 0.00000155. The Morgan fingerprint density at radius 2 is 1.40 bits per heavy atom. The van der Waals surface area contributed by atoms with Crippen LogP contribution >= 0.6 is 0 Å². The smallest absolute Gasteiger partial charge is 0.429 e. The lowest BCUT2D eigenvalue weighted by atomic mass is 10.1. The molecule has 0 aromatic heterocycles. The average molecular weight is 440 g/mol. The van der Waals surface area contributed by atoms with Gasteiger partial charge in [-0.3, -0.25) is 0 Å². The molecule has 1 fully saturated rings. The minimum atomic E-state index is -4.51. The first kappa shape index (κ1) is 23.9. The predicted molar refractivity (Wildman–Crippen MR) is 92.4 cm³/mol. The Morgan fingerprint density at radius 1 is 0.867 bits per heavy atom. The summed E-state index contributed by atoms with van der Waals surface area (Å²) in [6, 6.07) is 1.67. The summed E-state index contributed by atoms with van der Waals surface area (Å²) in [7, 11) is 0. The molecule has 30 heavy (non-hydrogen) atoms. The number of alkyl halides is 2. The molecule has 1 saturated heterocycles. The third kappa shape index (κ3) is 5.04. The molecule has 0 N–H and O–H groups in total. The third-order valence-corrected chi connectivity index (χ3v) is 3.95. The van der Waals surface area contributed by atoms with E-state index in [0.717, 1.165) is 6.07 Å². The van der Waals surface area contributed by atoms with E-state index in [9.17, 15) is 30.7 Å². The fraction of sp³-hybridized carbons (Fsp3) is 0.400. The summed E-state index contributed by atoms with van der Waals surface area (Å²) in [5.41, 5.74) is -1.95. The highest BCUT2D eigenvalue weighted by Gasteiger charge is 2.40. The molecule has 0 bridgehead atoms. The van der Waals surface area contributed by atoms with Gasteiger partial charge in [0.2, 0.25) is 0 Å². The number of hydrogen-bond acceptors (Lipinski definition) is 3. The molecular weight excluding hydrogens is 421 g/mol. The van der Waals surface area contributed by atoms with Crippen LogP contribution in [0.1, 0.15) is 38.2 Å². The summed E-state index contributed by atoms with van der Waals surface area (Å²) >= 11 is 0. The van der Waals surface area contributed by atoms with Gasteiger partial charge in [0.15, 0.2) is 35.4 Å². The highest BCUT2D eigenvalue weighted by molar-refractivity contribution is 5.31. The monoisotopic (exact) mass is 440 g/mol. The summed E-state index contributed by atoms with van der Waals surface area (Å²) < 4.78 is 111. The van der Waals surface area contributed by atoms with Gasteiger partial charge in [0.25, 0.3) is 0 Å². The number of benzene rings is 2. The Labute approximate surface area is 168 Å². The first-order valence-corrected chi connectivity index (χ1v) is 9.03. The van der Waals surface area contributed by atoms with E-state index >= 15 is 0 Å². The molecule has 3 rings (SSSR count). The molecule has 0 saturated carbocycles. The zero-order valence-electron chi connectivity index (χ0n) is 16.2. The maximum Gasteiger partial charge on any atom is 0.429 e. The lowest BCUT2D eigenvalue weighted by molar-refractivity contribution is -0.204. The fourth-order valence-electron chi connectivity index (χ4n) is 2.54. The largest absolute Gasteiger partial charge is 0.429 e. The molecule has 1 heterocycles. The van der Waals surface area contributed by atoms with Gasteiger partial charge < -0.3 is 14.2 Å². The molecule has 1 aliphatic heterocycles. The van der Waals surface area contributed by atoms with Crippen LogP contribution in [0.25, 0.3) is 0 Å². The van der Waals surface area contributed by atoms with Gasteiger partial charge in [-0.1, -0.05) is 26.8 Å². The van der Waals surface area contributed by atoms with Gasteiger partial charge in [-0.05, 0) is 6.07 Å². The second-order valence-corrected chi connectivity index (χ2v) is 6.25. The molecule has 0 atom stereocenters. The van der Waals surface area contributed by atoms with Crippen LogP contribution in [-0.2, 0) is 15.6 Å². The van der Waals surface area contributed by atoms with Crippen molar-refractivity contribution in [2.45, 2.75) is 33.2 Å². The number of halogens is 7. The van der Waals surface area contributed by atoms with Crippen LogP contribution in [0.15, 0.2) is 24.3 Å². The standard InChI is InChI=1S/C18H13F7O3.C2H6/c1-8-6-26-17(27-7-8)10-2-3-11(15(22)14(10)21)18(24,25)28-9-4-12(19)16(23)13(20)5-9;1-2/h2-5,8,17H,6-7H2,1H3;1-2H3. The van der Waals surface area contributed by atoms with E-state index in [1.165, 1.54) is 0 Å². The van der Waals surface area contributed by atoms with E-state index in [1.807, 2.05) is 13.8 Å². The zero-order chi connectivity index (χ0) is 22.6. The molecule has 10 heteroatoms. The first-order valence-electron chi connectivity index (χ1n) is 9.03. The molecule has 1 aliphatic rings. The Morgan fingerprint density at radius 3 is 1.93 bits per heavy atom. The van der Waals surface area contributed by atoms with Crippen LogP contribution in [0.3, 0.4) is 0 Å². The maximum absolute atomic E-state index is 14.3. The van der Waals surface area contributed by atoms with Gasteiger partial charge in [-0.15, -0.1) is 0 Å². The highest BCUT2D eigenvalue weighted by Crippen LogP contribution is 2.37. The van der Waals surface area contributed by atoms with Crippen molar-refractivity contribution >= 4 is 0 Å². The summed E-state index contributed by atoms with van der Waals surface area (Å²) in [6.07, 6.45) is -5.78. The second-order valence-electron chi connectivity index (χ2n) is 6.25. The fourth-order valence-corrected chi connectivity index (χ4v) is 2.54. The molecule has 0 spiro atoms. The summed E-state index contributed by atoms with van der Waals surface area (Å²) in [6.45, 7) is 6.21. The van der Waals surface area contributed by atoms with Crippen molar-refractivity contribution < 1.29 is 44.9 Å². The van der Waals surface area contributed by atoms with Crippen molar-refractivity contribution in [3.63, 3.8) is 0 Å². The molecule has 166 valence electrons. The van der Waals surface area contributed by atoms with E-state index < -0.39 is 58.4 Å². The second kappa shape index (κ2) is 9.65. The third-order valence-electron chi connectivity index (χ3n) is 3.95. The van der Waals surface area contributed by atoms with E-state index in [4.69, 9.17) is 9.47 Å². The Bertz CT molecular complexity index is 858. The topological polar surface area (TPSA) is 27.7 Å². The van der Waals surface area contributed by atoms with Crippen molar-refractivity contribution in [1.82, 2.24) is 0 Å². The van der Waals surface area contributed by atoms with Crippen molar-refractivity contribution in [2.75, 3.05) is 13.2 Å². The van der Waals surface area contributed by atoms with Gasteiger partial charge in [0.1, 0.15) is 11.3 Å². The van der Waals surface area contributed by atoms with Crippen LogP contribution < -0.4 is 4.74 Å². The van der Waals surface area contributed by atoms with E-state index in [-0.39, 0.29) is 31.3 Å². The molecule has 2 aromatic carbocycles. The maximum atomic E-state index is 14.3. The first-order chi connectivity index (χ1) is 14.1. The van der Waals surface area contributed by atoms with Crippen LogP contribution in [0.4, 0.5) is 30.7 Å². The SMILES string of the molecule is CC.CC1COC(c2ccc(C(F)(F)Oc3cc(F)c(F)c(F)c3)c(F)c2F)OC1. The summed E-state index contributed by atoms with van der Waals surface area (Å²) in [5.74, 6) is -10.1. The number of rotatable bonds is 4. The number of ether oxygens (including phenoxy) is 3. The average Bonchev–Trinajstić information content (AvgIpc) is 2.70. The summed E-state index contributed by atoms with van der Waals surface area (Å²) in [4.78, 5) is 0. The molecule has 0 aliphatic carbocycles. The van der Waals surface area contributed by atoms with E-state index in [0.29, 0.717) is 6.07 Å². The van der Waals surface area contributed by atoms with Crippen molar-refractivity contribution in [3.05, 3.63) is 64.5 Å². The predicted octanol–water partition coefficient (Wildman–Crippen LogP) is 6.22. The van der Waals surface area contributed by atoms with Crippen LogP contribution in [0.2, 0.25) is 0 Å². The van der Waals surface area contributed by atoms with Gasteiger partial charge >= 0.3 is 6.11 Å². The van der Waals surface area contributed by atoms with Gasteiger partial charge in [-0.2, -0.15) is 8.78 Å². The van der Waals surface area contributed by atoms with E-state index in [2.05, 4.69) is 4.74 Å². The molecule has 3 nitrogen and oxygen atoms in total. The lowest BCUT2D eigenvalue weighted by Crippen LogP contribution is -2.27. The minimum absolute atomic E-state index is 0.0256. The Hall–Kier alpha value is -2.33. The number of hydrogen-bond donors (Lipinski definition) is 0. The van der Waals surface area contributed by atoms with Gasteiger partial charge in [-0.25, -0.2) is 22.0 Å². The molecule has 0 unspecified atom stereocenters. The van der Waals surface area contributed by atoms with Crippen LogP contribution in [-0.4, -0.2) is 13.2 Å². The lowest BCUT2D eigenvalue weighted by Gasteiger charge is -2.28. The van der Waals surface area contributed by atoms with Crippen molar-refractivity contribution in [3.8, 4) is 5.75 Å². The van der Waals surface area contributed by atoms with Crippen molar-refractivity contribution in [1.29, 1.82) is 0 Å². The van der Waals surface area contributed by atoms with Gasteiger partial charge in [0.05, 0.1) is 13.2 Å². The summed E-state index contributed by atoms with van der Waals surface area (Å²) in [5, 5.41) is 0. The minimum Gasteiger partial charge on any atom is -0.429 e. The van der Waals surface area contributed by atoms with Crippen LogP contribution in [0.5, 0.6) is 5.75 Å². The Kier molecular flexibility index (Phi) is 7.70. The van der Waals surface area contributed by atoms with Gasteiger partial charge in [0, 0.05) is 23.6 Å². The molecule has 0 radical (unpaired) electrons. The van der Waals surface area contributed by atoms with Crippen LogP contribution in [0, 0.1) is 35.0 Å². The normalized spacial score (nSPS) is 19.1. The quantitative estimate of drug-likeness (QED) is 0.418. The van der Waals surface area contributed by atoms with E-state index in [1.54, 1.807) is 6.92 Å². The highest BCUT2D eigenvalue weighted by atomic mass is 19.3.